The van der Waals surface area contributed by atoms with Crippen molar-refractivity contribution in [2.45, 2.75) is 53.0 Å². The third-order valence-corrected chi connectivity index (χ3v) is 3.59. The number of rotatable bonds is 3. The summed E-state index contributed by atoms with van der Waals surface area (Å²) in [6, 6.07) is 5.89. The van der Waals surface area contributed by atoms with Crippen molar-refractivity contribution in [2.24, 2.45) is 5.41 Å². The van der Waals surface area contributed by atoms with E-state index in [2.05, 4.69) is 16.7 Å². The van der Waals surface area contributed by atoms with Crippen LogP contribution in [0.25, 0.3) is 0 Å². The topological polar surface area (TPSA) is 58.2 Å². The molecule has 0 aliphatic heterocycles. The monoisotopic (exact) mass is 288 g/mol. The predicted molar refractivity (Wildman–Crippen MR) is 84.1 cm³/mol. The molecule has 2 rings (SSSR count). The van der Waals surface area contributed by atoms with Gasteiger partial charge in [-0.1, -0.05) is 6.07 Å². The summed E-state index contributed by atoms with van der Waals surface area (Å²) in [5, 5.41) is 5.80. The molecule has 0 unspecified atom stereocenters. The number of aryl methyl sites for hydroxylation is 2. The van der Waals surface area contributed by atoms with Gasteiger partial charge in [-0.25, -0.2) is 0 Å². The Labute approximate surface area is 126 Å². The van der Waals surface area contributed by atoms with Gasteiger partial charge in [-0.15, -0.1) is 0 Å². The van der Waals surface area contributed by atoms with Gasteiger partial charge in [-0.2, -0.15) is 0 Å². The van der Waals surface area contributed by atoms with Crippen molar-refractivity contribution in [3.05, 3.63) is 29.3 Å². The lowest BCUT2D eigenvalue weighted by Crippen LogP contribution is -2.48. The summed E-state index contributed by atoms with van der Waals surface area (Å²) in [4.78, 5) is 24.8. The largest absolute Gasteiger partial charge is 0.351 e. The van der Waals surface area contributed by atoms with E-state index in [1.165, 1.54) is 0 Å². The average Bonchev–Trinajstić information content (AvgIpc) is 3.05. The summed E-state index contributed by atoms with van der Waals surface area (Å²) < 4.78 is 0. The first kappa shape index (κ1) is 15.5. The van der Waals surface area contributed by atoms with E-state index in [0.29, 0.717) is 12.8 Å². The lowest BCUT2D eigenvalue weighted by Gasteiger charge is -2.24. The van der Waals surface area contributed by atoms with Crippen LogP contribution in [0.4, 0.5) is 5.69 Å². The Morgan fingerprint density at radius 2 is 1.52 bits per heavy atom. The van der Waals surface area contributed by atoms with Crippen LogP contribution >= 0.6 is 0 Å². The van der Waals surface area contributed by atoms with Crippen LogP contribution in [0.15, 0.2) is 18.2 Å². The lowest BCUT2D eigenvalue weighted by molar-refractivity contribution is -0.135. The zero-order valence-corrected chi connectivity index (χ0v) is 13.5. The van der Waals surface area contributed by atoms with Gasteiger partial charge in [-0.05, 0) is 70.7 Å². The molecule has 0 atom stereocenters. The summed E-state index contributed by atoms with van der Waals surface area (Å²) in [5.41, 5.74) is 1.73. The smallest absolute Gasteiger partial charge is 0.240 e. The Bertz CT molecular complexity index is 561. The molecule has 1 aliphatic carbocycles. The van der Waals surface area contributed by atoms with Crippen LogP contribution in [0.2, 0.25) is 0 Å². The number of carbonyl (C=O) groups excluding carboxylic acids is 2. The number of hydrogen-bond donors (Lipinski definition) is 2. The number of hydrogen-bond acceptors (Lipinski definition) is 2. The molecule has 4 nitrogen and oxygen atoms in total. The molecule has 0 aromatic heterocycles. The summed E-state index contributed by atoms with van der Waals surface area (Å²) in [7, 11) is 0. The Morgan fingerprint density at radius 3 is 1.95 bits per heavy atom. The maximum atomic E-state index is 12.5. The van der Waals surface area contributed by atoms with Gasteiger partial charge in [0, 0.05) is 11.2 Å². The van der Waals surface area contributed by atoms with E-state index in [0.717, 1.165) is 16.8 Å². The maximum absolute atomic E-state index is 12.5. The molecule has 1 aliphatic rings. The normalized spacial score (nSPS) is 16.2. The fraction of sp³-hybridized carbons (Fsp3) is 0.529. The van der Waals surface area contributed by atoms with E-state index >= 15 is 0 Å². The second-order valence-electron chi connectivity index (χ2n) is 7.12. The molecule has 2 N–H and O–H groups in total. The van der Waals surface area contributed by atoms with Crippen LogP contribution < -0.4 is 10.6 Å². The Kier molecular flexibility index (Phi) is 3.83. The van der Waals surface area contributed by atoms with Gasteiger partial charge >= 0.3 is 0 Å². The van der Waals surface area contributed by atoms with Crippen molar-refractivity contribution in [3.63, 3.8) is 0 Å². The molecule has 1 aromatic rings. The minimum absolute atomic E-state index is 0.170. The molecule has 2 amide bonds. The highest BCUT2D eigenvalue weighted by atomic mass is 16.2. The van der Waals surface area contributed by atoms with Gasteiger partial charge in [0.1, 0.15) is 5.41 Å². The number of carbonyl (C=O) groups is 2. The minimum atomic E-state index is -0.884. The van der Waals surface area contributed by atoms with Crippen LogP contribution in [-0.2, 0) is 9.59 Å². The zero-order valence-electron chi connectivity index (χ0n) is 13.5. The number of anilines is 1. The van der Waals surface area contributed by atoms with Gasteiger partial charge in [0.25, 0.3) is 0 Å². The molecular formula is C17H24N2O2. The molecule has 1 fully saturated rings. The average molecular weight is 288 g/mol. The Morgan fingerprint density at radius 1 is 1.00 bits per heavy atom. The van der Waals surface area contributed by atoms with E-state index in [1.54, 1.807) is 0 Å². The number of nitrogens with one attached hydrogen (secondary N) is 2. The minimum Gasteiger partial charge on any atom is -0.351 e. The van der Waals surface area contributed by atoms with Crippen LogP contribution in [-0.4, -0.2) is 17.4 Å². The van der Waals surface area contributed by atoms with E-state index in [1.807, 2.05) is 46.8 Å². The van der Waals surface area contributed by atoms with E-state index in [-0.39, 0.29) is 17.4 Å². The van der Waals surface area contributed by atoms with Gasteiger partial charge < -0.3 is 10.6 Å². The maximum Gasteiger partial charge on any atom is 0.240 e. The predicted octanol–water partition coefficient (Wildman–Crippen LogP) is 2.94. The molecular weight excluding hydrogens is 264 g/mol. The van der Waals surface area contributed by atoms with Crippen molar-refractivity contribution in [2.75, 3.05) is 5.32 Å². The second kappa shape index (κ2) is 5.17. The molecule has 4 heteroatoms. The third-order valence-electron chi connectivity index (χ3n) is 3.59. The highest BCUT2D eigenvalue weighted by Crippen LogP contribution is 2.47. The first-order chi connectivity index (χ1) is 9.62. The molecule has 0 spiro atoms. The summed E-state index contributed by atoms with van der Waals surface area (Å²) in [6.07, 6.45) is 1.23. The quantitative estimate of drug-likeness (QED) is 0.840. The van der Waals surface area contributed by atoms with E-state index in [4.69, 9.17) is 0 Å². The highest BCUT2D eigenvalue weighted by molar-refractivity contribution is 6.13. The third kappa shape index (κ3) is 3.63. The summed E-state index contributed by atoms with van der Waals surface area (Å²) in [6.45, 7) is 9.73. The zero-order chi connectivity index (χ0) is 15.8. The van der Waals surface area contributed by atoms with Crippen LogP contribution in [0.5, 0.6) is 0 Å². The first-order valence-corrected chi connectivity index (χ1v) is 7.35. The standard InChI is InChI=1S/C17H24N2O2/c1-11-8-12(2)10-13(9-11)18-14(20)17(6-7-17)15(21)19-16(3,4)5/h8-10H,6-7H2,1-5H3,(H,18,20)(H,19,21). The molecule has 0 bridgehead atoms. The van der Waals surface area contributed by atoms with E-state index < -0.39 is 5.41 Å². The van der Waals surface area contributed by atoms with Crippen LogP contribution in [0.3, 0.4) is 0 Å². The summed E-state index contributed by atoms with van der Waals surface area (Å²) >= 11 is 0. The fourth-order valence-corrected chi connectivity index (χ4v) is 2.44. The molecule has 0 saturated heterocycles. The highest BCUT2D eigenvalue weighted by Gasteiger charge is 2.57. The first-order valence-electron chi connectivity index (χ1n) is 7.35. The van der Waals surface area contributed by atoms with Gasteiger partial charge in [0.05, 0.1) is 0 Å². The van der Waals surface area contributed by atoms with Crippen molar-refractivity contribution >= 4 is 17.5 Å². The van der Waals surface area contributed by atoms with Crippen molar-refractivity contribution < 1.29 is 9.59 Å². The molecule has 0 heterocycles. The number of benzene rings is 1. The van der Waals surface area contributed by atoms with Crippen LogP contribution in [0.1, 0.15) is 44.7 Å². The molecule has 1 saturated carbocycles. The molecule has 0 radical (unpaired) electrons. The fourth-order valence-electron chi connectivity index (χ4n) is 2.44. The summed E-state index contributed by atoms with van der Waals surface area (Å²) in [5.74, 6) is -0.369. The van der Waals surface area contributed by atoms with Crippen molar-refractivity contribution in [1.82, 2.24) is 5.32 Å². The van der Waals surface area contributed by atoms with Crippen LogP contribution in [0, 0.1) is 19.3 Å². The number of amides is 2. The van der Waals surface area contributed by atoms with Gasteiger partial charge in [0.15, 0.2) is 0 Å². The van der Waals surface area contributed by atoms with Gasteiger partial charge in [0.2, 0.25) is 11.8 Å². The molecule has 1 aromatic carbocycles. The van der Waals surface area contributed by atoms with Crippen molar-refractivity contribution in [3.8, 4) is 0 Å². The van der Waals surface area contributed by atoms with Gasteiger partial charge in [-0.3, -0.25) is 9.59 Å². The lowest BCUT2D eigenvalue weighted by atomic mass is 10.0. The molecule has 114 valence electrons. The molecule has 21 heavy (non-hydrogen) atoms. The SMILES string of the molecule is Cc1cc(C)cc(NC(=O)C2(C(=O)NC(C)(C)C)CC2)c1. The van der Waals surface area contributed by atoms with Crippen molar-refractivity contribution in [1.29, 1.82) is 0 Å². The Hall–Kier alpha value is -1.84. The van der Waals surface area contributed by atoms with E-state index in [9.17, 15) is 9.59 Å². The second-order valence-corrected chi connectivity index (χ2v) is 7.12. The Balaban J connectivity index is 2.11.